The van der Waals surface area contributed by atoms with E-state index in [1.807, 2.05) is 11.3 Å². The van der Waals surface area contributed by atoms with Crippen LogP contribution in [0.1, 0.15) is 68.5 Å². The van der Waals surface area contributed by atoms with Gasteiger partial charge in [0, 0.05) is 22.4 Å². The van der Waals surface area contributed by atoms with E-state index in [0.717, 1.165) is 13.0 Å². The molecule has 0 fully saturated rings. The van der Waals surface area contributed by atoms with Crippen molar-refractivity contribution in [1.82, 2.24) is 10.1 Å². The first-order valence-corrected chi connectivity index (χ1v) is 11.6. The first-order chi connectivity index (χ1) is 14.7. The van der Waals surface area contributed by atoms with Gasteiger partial charge in [0.05, 0.1) is 19.2 Å². The minimum absolute atomic E-state index is 0.210. The molecule has 1 unspecified atom stereocenters. The van der Waals surface area contributed by atoms with E-state index in [4.69, 9.17) is 9.26 Å². The molecule has 30 heavy (non-hydrogen) atoms. The van der Waals surface area contributed by atoms with E-state index in [0.29, 0.717) is 18.9 Å². The number of fused-ring (bicyclic) bond motifs is 3. The van der Waals surface area contributed by atoms with Crippen LogP contribution in [0.2, 0.25) is 0 Å². The van der Waals surface area contributed by atoms with Gasteiger partial charge in [-0.25, -0.2) is 4.79 Å². The molecule has 0 amide bonds. The Morgan fingerprint density at radius 3 is 2.87 bits per heavy atom. The summed E-state index contributed by atoms with van der Waals surface area (Å²) in [5.41, 5.74) is 4.77. The largest absolute Gasteiger partial charge is 0.461 e. The van der Waals surface area contributed by atoms with Gasteiger partial charge in [0.25, 0.3) is 0 Å². The van der Waals surface area contributed by atoms with Gasteiger partial charge in [-0.1, -0.05) is 35.5 Å². The van der Waals surface area contributed by atoms with Crippen molar-refractivity contribution in [1.29, 1.82) is 0 Å². The molecular formula is C24H26N2O3S. The summed E-state index contributed by atoms with van der Waals surface area (Å²) >= 11 is 2.01. The van der Waals surface area contributed by atoms with Gasteiger partial charge in [-0.15, -0.1) is 11.3 Å². The summed E-state index contributed by atoms with van der Waals surface area (Å²) in [6, 6.07) is 12.7. The summed E-state index contributed by atoms with van der Waals surface area (Å²) in [5, 5.41) is 3.92. The van der Waals surface area contributed by atoms with Crippen LogP contribution in [-0.2, 0) is 30.5 Å². The molecule has 0 radical (unpaired) electrons. The average Bonchev–Trinajstić information content (AvgIpc) is 3.39. The highest BCUT2D eigenvalue weighted by atomic mass is 32.1. The number of carbonyl (C=O) groups is 1. The summed E-state index contributed by atoms with van der Waals surface area (Å²) in [6.45, 7) is 3.70. The minimum Gasteiger partial charge on any atom is -0.461 e. The van der Waals surface area contributed by atoms with E-state index in [1.54, 1.807) is 29.0 Å². The van der Waals surface area contributed by atoms with Crippen molar-refractivity contribution < 1.29 is 14.1 Å². The minimum atomic E-state index is -0.432. The van der Waals surface area contributed by atoms with Crippen molar-refractivity contribution in [2.24, 2.45) is 0 Å². The second-order valence-corrected chi connectivity index (χ2v) is 9.12. The Kier molecular flexibility index (Phi) is 5.44. The molecule has 0 spiro atoms. The van der Waals surface area contributed by atoms with Crippen molar-refractivity contribution in [3.63, 3.8) is 0 Å². The van der Waals surface area contributed by atoms with E-state index in [1.165, 1.54) is 36.1 Å². The standard InChI is InChI=1S/C24H26N2O3S/c1-2-28-24(27)20-14-17(29-25-20)15-26-13-12-19-18-10-6-7-11-21(18)30-23(19)22(26)16-8-4-3-5-9-16/h3-5,8-9,14,22H,2,6-7,10-13,15H2,1H3. The van der Waals surface area contributed by atoms with E-state index >= 15 is 0 Å². The predicted molar refractivity (Wildman–Crippen MR) is 116 cm³/mol. The molecule has 1 aromatic carbocycles. The lowest BCUT2D eigenvalue weighted by molar-refractivity contribution is 0.0514. The van der Waals surface area contributed by atoms with Crippen LogP contribution in [0.4, 0.5) is 0 Å². The number of hydrogen-bond acceptors (Lipinski definition) is 6. The van der Waals surface area contributed by atoms with Gasteiger partial charge in [-0.2, -0.15) is 0 Å². The smallest absolute Gasteiger partial charge is 0.360 e. The zero-order chi connectivity index (χ0) is 20.5. The second kappa shape index (κ2) is 8.36. The van der Waals surface area contributed by atoms with Gasteiger partial charge in [-0.05, 0) is 55.7 Å². The van der Waals surface area contributed by atoms with Crippen LogP contribution in [0, 0.1) is 0 Å². The maximum atomic E-state index is 12.0. The van der Waals surface area contributed by atoms with Crippen LogP contribution in [0.3, 0.4) is 0 Å². The third-order valence-corrected chi connectivity index (χ3v) is 7.48. The number of rotatable bonds is 5. The molecule has 0 saturated heterocycles. The normalized spacial score (nSPS) is 18.6. The molecule has 1 aliphatic carbocycles. The zero-order valence-corrected chi connectivity index (χ0v) is 18.0. The van der Waals surface area contributed by atoms with Crippen molar-refractivity contribution in [2.45, 2.75) is 51.6 Å². The number of carbonyl (C=O) groups excluding carboxylic acids is 1. The lowest BCUT2D eigenvalue weighted by Crippen LogP contribution is -2.35. The Morgan fingerprint density at radius 1 is 1.20 bits per heavy atom. The SMILES string of the molecule is CCOC(=O)c1cc(CN2CCc3c(sc4c3CCCC4)C2c2ccccc2)on1. The fourth-order valence-electron chi connectivity index (χ4n) is 4.75. The monoisotopic (exact) mass is 422 g/mol. The van der Waals surface area contributed by atoms with Crippen molar-refractivity contribution >= 4 is 17.3 Å². The zero-order valence-electron chi connectivity index (χ0n) is 17.2. The van der Waals surface area contributed by atoms with Crippen LogP contribution >= 0.6 is 11.3 Å². The average molecular weight is 423 g/mol. The van der Waals surface area contributed by atoms with Gasteiger partial charge in [0.15, 0.2) is 11.5 Å². The highest BCUT2D eigenvalue weighted by molar-refractivity contribution is 7.12. The molecule has 1 atom stereocenters. The number of aryl methyl sites for hydroxylation is 1. The van der Waals surface area contributed by atoms with Crippen LogP contribution in [-0.4, -0.2) is 29.2 Å². The van der Waals surface area contributed by atoms with E-state index in [-0.39, 0.29) is 11.7 Å². The van der Waals surface area contributed by atoms with Crippen molar-refractivity contribution in [3.8, 4) is 0 Å². The summed E-state index contributed by atoms with van der Waals surface area (Å²) < 4.78 is 10.5. The molecule has 0 saturated carbocycles. The molecule has 156 valence electrons. The third-order valence-electron chi connectivity index (χ3n) is 6.09. The lowest BCUT2D eigenvalue weighted by atomic mass is 9.88. The Morgan fingerprint density at radius 2 is 2.03 bits per heavy atom. The topological polar surface area (TPSA) is 55.6 Å². The predicted octanol–water partition coefficient (Wildman–Crippen LogP) is 4.94. The van der Waals surface area contributed by atoms with Crippen molar-refractivity contribution in [3.05, 3.63) is 74.3 Å². The van der Waals surface area contributed by atoms with Crippen LogP contribution in [0.15, 0.2) is 40.9 Å². The Labute approximate surface area is 180 Å². The first-order valence-electron chi connectivity index (χ1n) is 10.8. The quantitative estimate of drug-likeness (QED) is 0.545. The van der Waals surface area contributed by atoms with Gasteiger partial charge in [0.2, 0.25) is 0 Å². The summed E-state index contributed by atoms with van der Waals surface area (Å²) in [5.74, 6) is 0.266. The van der Waals surface area contributed by atoms with Gasteiger partial charge < -0.3 is 9.26 Å². The number of benzene rings is 1. The number of ether oxygens (including phenoxy) is 1. The summed E-state index contributed by atoms with van der Waals surface area (Å²) in [4.78, 5) is 17.5. The molecule has 0 N–H and O–H groups in total. The fraction of sp³-hybridized carbons (Fsp3) is 0.417. The second-order valence-electron chi connectivity index (χ2n) is 7.99. The molecule has 5 rings (SSSR count). The third kappa shape index (κ3) is 3.59. The molecule has 6 heteroatoms. The molecular weight excluding hydrogens is 396 g/mol. The molecule has 5 nitrogen and oxygen atoms in total. The number of hydrogen-bond donors (Lipinski definition) is 0. The fourth-order valence-corrected chi connectivity index (χ4v) is 6.36. The van der Waals surface area contributed by atoms with Crippen LogP contribution < -0.4 is 0 Å². The molecule has 3 heterocycles. The molecule has 2 aromatic heterocycles. The highest BCUT2D eigenvalue weighted by Gasteiger charge is 2.34. The van der Waals surface area contributed by atoms with E-state index in [9.17, 15) is 4.79 Å². The van der Waals surface area contributed by atoms with Crippen LogP contribution in [0.25, 0.3) is 0 Å². The summed E-state index contributed by atoms with van der Waals surface area (Å²) in [7, 11) is 0. The molecule has 0 bridgehead atoms. The van der Waals surface area contributed by atoms with E-state index in [2.05, 4.69) is 40.4 Å². The van der Waals surface area contributed by atoms with Gasteiger partial charge in [-0.3, -0.25) is 4.90 Å². The maximum Gasteiger partial charge on any atom is 0.360 e. The number of esters is 1. The number of aromatic nitrogens is 1. The van der Waals surface area contributed by atoms with E-state index < -0.39 is 5.97 Å². The maximum absolute atomic E-state index is 12.0. The van der Waals surface area contributed by atoms with Crippen LogP contribution in [0.5, 0.6) is 0 Å². The molecule has 3 aromatic rings. The highest BCUT2D eigenvalue weighted by Crippen LogP contribution is 2.45. The first kappa shape index (κ1) is 19.5. The summed E-state index contributed by atoms with van der Waals surface area (Å²) in [6.07, 6.45) is 6.14. The Balaban J connectivity index is 1.48. The molecule has 1 aliphatic heterocycles. The van der Waals surface area contributed by atoms with Gasteiger partial charge >= 0.3 is 5.97 Å². The number of thiophene rings is 1. The lowest BCUT2D eigenvalue weighted by Gasteiger charge is -2.35. The number of nitrogens with zero attached hydrogens (tertiary/aromatic N) is 2. The Hall–Kier alpha value is -2.44. The molecule has 2 aliphatic rings. The van der Waals surface area contributed by atoms with Gasteiger partial charge in [0.1, 0.15) is 0 Å². The Bertz CT molecular complexity index is 1040. The van der Waals surface area contributed by atoms with Crippen molar-refractivity contribution in [2.75, 3.05) is 13.2 Å².